The molecule has 1 N–H and O–H groups in total. The molecule has 2 saturated heterocycles. The molecule has 2 aliphatic rings. The topological polar surface area (TPSA) is 33.1 Å². The molecule has 0 spiro atoms. The van der Waals surface area contributed by atoms with Gasteiger partial charge in [-0.3, -0.25) is 4.68 Å². The van der Waals surface area contributed by atoms with Gasteiger partial charge in [0.05, 0.1) is 6.20 Å². The van der Waals surface area contributed by atoms with Crippen molar-refractivity contribution in [3.05, 3.63) is 18.0 Å². The highest BCUT2D eigenvalue weighted by atomic mass is 15.2. The van der Waals surface area contributed by atoms with Crippen LogP contribution in [0.4, 0.5) is 0 Å². The van der Waals surface area contributed by atoms with E-state index in [4.69, 9.17) is 0 Å². The van der Waals surface area contributed by atoms with E-state index < -0.39 is 0 Å². The molecule has 0 radical (unpaired) electrons. The predicted octanol–water partition coefficient (Wildman–Crippen LogP) is 0.646. The fraction of sp³-hybridized carbons (Fsp3) is 0.769. The molecule has 2 atom stereocenters. The number of hydrogen-bond acceptors (Lipinski definition) is 3. The van der Waals surface area contributed by atoms with Crippen LogP contribution in [0.3, 0.4) is 0 Å². The minimum atomic E-state index is 0.762. The van der Waals surface area contributed by atoms with Gasteiger partial charge in [-0.1, -0.05) is 0 Å². The van der Waals surface area contributed by atoms with E-state index in [1.807, 2.05) is 17.9 Å². The highest BCUT2D eigenvalue weighted by molar-refractivity contribution is 5.04. The van der Waals surface area contributed by atoms with Crippen LogP contribution in [0.15, 0.2) is 12.4 Å². The summed E-state index contributed by atoms with van der Waals surface area (Å²) in [6, 6.07) is 0.762. The zero-order valence-electron chi connectivity index (χ0n) is 10.6. The van der Waals surface area contributed by atoms with Gasteiger partial charge in [0, 0.05) is 38.9 Å². The number of fused-ring (bicyclic) bond motifs is 1. The van der Waals surface area contributed by atoms with E-state index >= 15 is 0 Å². The predicted molar refractivity (Wildman–Crippen MR) is 67.9 cm³/mol. The molecule has 3 heterocycles. The number of aryl methyl sites for hydroxylation is 1. The lowest BCUT2D eigenvalue weighted by atomic mass is 9.94. The lowest BCUT2D eigenvalue weighted by Crippen LogP contribution is -2.40. The Balaban J connectivity index is 1.50. The molecular weight excluding hydrogens is 212 g/mol. The summed E-state index contributed by atoms with van der Waals surface area (Å²) >= 11 is 0. The van der Waals surface area contributed by atoms with Crippen molar-refractivity contribution in [2.24, 2.45) is 13.0 Å². The average molecular weight is 234 g/mol. The van der Waals surface area contributed by atoms with Gasteiger partial charge in [0.15, 0.2) is 0 Å². The van der Waals surface area contributed by atoms with Crippen LogP contribution in [0.5, 0.6) is 0 Å². The molecule has 4 heteroatoms. The quantitative estimate of drug-likeness (QED) is 0.833. The highest BCUT2D eigenvalue weighted by Gasteiger charge is 2.33. The van der Waals surface area contributed by atoms with Gasteiger partial charge in [0.1, 0.15) is 0 Å². The summed E-state index contributed by atoms with van der Waals surface area (Å²) in [5.74, 6) is 0.901. The maximum absolute atomic E-state index is 4.22. The third kappa shape index (κ3) is 2.53. The largest absolute Gasteiger partial charge is 0.312 e. The summed E-state index contributed by atoms with van der Waals surface area (Å²) in [4.78, 5) is 2.61. The van der Waals surface area contributed by atoms with Crippen LogP contribution in [0.2, 0.25) is 0 Å². The fourth-order valence-corrected chi connectivity index (χ4v) is 3.21. The average Bonchev–Trinajstić information content (AvgIpc) is 2.91. The molecule has 0 aliphatic carbocycles. The number of nitrogens with one attached hydrogen (secondary N) is 1. The summed E-state index contributed by atoms with van der Waals surface area (Å²) in [5, 5.41) is 7.88. The van der Waals surface area contributed by atoms with Crippen molar-refractivity contribution in [3.8, 4) is 0 Å². The molecule has 0 unspecified atom stereocenters. The number of rotatable bonds is 3. The molecule has 3 rings (SSSR count). The SMILES string of the molecule is Cn1cc(CCN2C[C@@H]3CCCN[C@@H]3C2)cn1. The molecule has 0 bridgehead atoms. The van der Waals surface area contributed by atoms with E-state index in [2.05, 4.69) is 21.5 Å². The van der Waals surface area contributed by atoms with Gasteiger partial charge >= 0.3 is 0 Å². The summed E-state index contributed by atoms with van der Waals surface area (Å²) in [5.41, 5.74) is 1.36. The van der Waals surface area contributed by atoms with Gasteiger partial charge in [-0.15, -0.1) is 0 Å². The van der Waals surface area contributed by atoms with E-state index in [0.717, 1.165) is 18.4 Å². The standard InChI is InChI=1S/C13H22N4/c1-16-8-11(7-15-16)4-6-17-9-12-3-2-5-14-13(12)10-17/h7-8,12-14H,2-6,9-10H2,1H3/t12-,13+/m0/s1. The van der Waals surface area contributed by atoms with E-state index in [0.29, 0.717) is 0 Å². The molecule has 0 saturated carbocycles. The lowest BCUT2D eigenvalue weighted by Gasteiger charge is -2.24. The Morgan fingerprint density at radius 2 is 2.41 bits per heavy atom. The van der Waals surface area contributed by atoms with Gasteiger partial charge in [0.2, 0.25) is 0 Å². The van der Waals surface area contributed by atoms with Crippen molar-refractivity contribution in [1.29, 1.82) is 0 Å². The monoisotopic (exact) mass is 234 g/mol. The molecule has 0 aromatic carbocycles. The number of hydrogen-bond donors (Lipinski definition) is 1. The lowest BCUT2D eigenvalue weighted by molar-refractivity contribution is 0.322. The number of nitrogens with zero attached hydrogens (tertiary/aromatic N) is 3. The number of likely N-dealkylation sites (tertiary alicyclic amines) is 1. The zero-order valence-corrected chi connectivity index (χ0v) is 10.6. The maximum Gasteiger partial charge on any atom is 0.0522 e. The Kier molecular flexibility index (Phi) is 3.16. The van der Waals surface area contributed by atoms with Crippen LogP contribution in [0, 0.1) is 5.92 Å². The Labute approximate surface area is 103 Å². The molecule has 0 amide bonds. The Bertz CT molecular complexity index is 359. The normalized spacial score (nSPS) is 29.5. The van der Waals surface area contributed by atoms with E-state index in [1.54, 1.807) is 0 Å². The van der Waals surface area contributed by atoms with Gasteiger partial charge in [0.25, 0.3) is 0 Å². The smallest absolute Gasteiger partial charge is 0.0522 e. The second-order valence-electron chi connectivity index (χ2n) is 5.49. The number of aromatic nitrogens is 2. The third-order valence-electron chi connectivity index (χ3n) is 4.15. The molecule has 4 nitrogen and oxygen atoms in total. The first-order valence-electron chi connectivity index (χ1n) is 6.74. The van der Waals surface area contributed by atoms with Crippen LogP contribution in [0.25, 0.3) is 0 Å². The van der Waals surface area contributed by atoms with E-state index in [-0.39, 0.29) is 0 Å². The van der Waals surface area contributed by atoms with E-state index in [9.17, 15) is 0 Å². The van der Waals surface area contributed by atoms with Gasteiger partial charge in [-0.05, 0) is 37.3 Å². The first-order chi connectivity index (χ1) is 8.31. The first-order valence-corrected chi connectivity index (χ1v) is 6.74. The molecule has 17 heavy (non-hydrogen) atoms. The third-order valence-corrected chi connectivity index (χ3v) is 4.15. The minimum absolute atomic E-state index is 0.762. The van der Waals surface area contributed by atoms with Crippen molar-refractivity contribution in [2.45, 2.75) is 25.3 Å². The molecule has 94 valence electrons. The molecule has 2 aliphatic heterocycles. The van der Waals surface area contributed by atoms with Crippen LogP contribution in [0.1, 0.15) is 18.4 Å². The Morgan fingerprint density at radius 1 is 1.47 bits per heavy atom. The van der Waals surface area contributed by atoms with Crippen molar-refractivity contribution in [3.63, 3.8) is 0 Å². The van der Waals surface area contributed by atoms with Crippen LogP contribution < -0.4 is 5.32 Å². The van der Waals surface area contributed by atoms with Crippen LogP contribution in [-0.2, 0) is 13.5 Å². The van der Waals surface area contributed by atoms with Gasteiger partial charge < -0.3 is 10.2 Å². The zero-order chi connectivity index (χ0) is 11.7. The van der Waals surface area contributed by atoms with Gasteiger partial charge in [-0.25, -0.2) is 0 Å². The first kappa shape index (κ1) is 11.2. The molecular formula is C13H22N4. The van der Waals surface area contributed by atoms with Crippen molar-refractivity contribution < 1.29 is 0 Å². The van der Waals surface area contributed by atoms with Gasteiger partial charge in [-0.2, -0.15) is 5.10 Å². The van der Waals surface area contributed by atoms with Crippen molar-refractivity contribution in [2.75, 3.05) is 26.2 Å². The number of piperidine rings is 1. The second kappa shape index (κ2) is 4.78. The molecule has 1 aromatic heterocycles. The van der Waals surface area contributed by atoms with Crippen LogP contribution in [-0.4, -0.2) is 46.9 Å². The fourth-order valence-electron chi connectivity index (χ4n) is 3.21. The maximum atomic E-state index is 4.22. The second-order valence-corrected chi connectivity index (χ2v) is 5.49. The van der Waals surface area contributed by atoms with Crippen molar-refractivity contribution in [1.82, 2.24) is 20.0 Å². The molecule has 2 fully saturated rings. The van der Waals surface area contributed by atoms with Crippen molar-refractivity contribution >= 4 is 0 Å². The molecule has 1 aromatic rings. The van der Waals surface area contributed by atoms with E-state index in [1.165, 1.54) is 44.6 Å². The summed E-state index contributed by atoms with van der Waals surface area (Å²) in [7, 11) is 1.98. The summed E-state index contributed by atoms with van der Waals surface area (Å²) in [6.07, 6.45) is 8.02. The Hall–Kier alpha value is -0.870. The summed E-state index contributed by atoms with van der Waals surface area (Å²) < 4.78 is 1.89. The minimum Gasteiger partial charge on any atom is -0.312 e. The Morgan fingerprint density at radius 3 is 3.18 bits per heavy atom. The summed E-state index contributed by atoms with van der Waals surface area (Å²) in [6.45, 7) is 4.93. The van der Waals surface area contributed by atoms with Crippen LogP contribution >= 0.6 is 0 Å². The highest BCUT2D eigenvalue weighted by Crippen LogP contribution is 2.24.